The van der Waals surface area contributed by atoms with Crippen molar-refractivity contribution in [2.75, 3.05) is 17.6 Å². The van der Waals surface area contributed by atoms with Crippen molar-refractivity contribution in [3.63, 3.8) is 0 Å². The monoisotopic (exact) mass is 474 g/mol. The van der Waals surface area contributed by atoms with Crippen LogP contribution in [0.2, 0.25) is 0 Å². The highest BCUT2D eigenvalue weighted by Crippen LogP contribution is 2.26. The third-order valence-electron chi connectivity index (χ3n) is 5.24. The van der Waals surface area contributed by atoms with E-state index in [0.717, 1.165) is 27.2 Å². The summed E-state index contributed by atoms with van der Waals surface area (Å²) in [5.41, 5.74) is 2.35. The Kier molecular flexibility index (Phi) is 8.19. The van der Waals surface area contributed by atoms with Crippen LogP contribution in [0.3, 0.4) is 0 Å². The van der Waals surface area contributed by atoms with E-state index in [1.165, 1.54) is 43.9 Å². The fourth-order valence-electron chi connectivity index (χ4n) is 3.58. The molecule has 0 aliphatic heterocycles. The van der Waals surface area contributed by atoms with Gasteiger partial charge in [-0.15, -0.1) is 11.8 Å². The number of halogens is 1. The molecule has 0 unspecified atom stereocenters. The van der Waals surface area contributed by atoms with Crippen molar-refractivity contribution in [2.45, 2.75) is 43.9 Å². The number of carbonyl (C=O) groups excluding carboxylic acids is 2. The number of anilines is 1. The Balaban J connectivity index is 1.56. The van der Waals surface area contributed by atoms with Gasteiger partial charge in [-0.2, -0.15) is 0 Å². The molecular formula is C23H27BrN2O2S. The van der Waals surface area contributed by atoms with Gasteiger partial charge < -0.3 is 10.6 Å². The lowest BCUT2D eigenvalue weighted by Gasteiger charge is -2.21. The number of hydrogen-bond acceptors (Lipinski definition) is 3. The first kappa shape index (κ1) is 21.9. The van der Waals surface area contributed by atoms with Gasteiger partial charge in [0.2, 0.25) is 5.91 Å². The zero-order valence-electron chi connectivity index (χ0n) is 16.7. The van der Waals surface area contributed by atoms with Gasteiger partial charge in [-0.1, -0.05) is 47.3 Å². The summed E-state index contributed by atoms with van der Waals surface area (Å²) in [6.45, 7) is 2.72. The molecule has 2 aromatic carbocycles. The summed E-state index contributed by atoms with van der Waals surface area (Å²) in [6.07, 6.45) is 6.29. The van der Waals surface area contributed by atoms with Crippen LogP contribution in [0.5, 0.6) is 0 Å². The Morgan fingerprint density at radius 2 is 1.86 bits per heavy atom. The van der Waals surface area contributed by atoms with E-state index in [9.17, 15) is 9.59 Å². The summed E-state index contributed by atoms with van der Waals surface area (Å²) >= 11 is 4.84. The molecule has 0 bridgehead atoms. The van der Waals surface area contributed by atoms with Gasteiger partial charge in [0.15, 0.2) is 0 Å². The molecule has 3 rings (SSSR count). The second-order valence-corrected chi connectivity index (χ2v) is 9.44. The third-order valence-corrected chi connectivity index (χ3v) is 6.81. The fraction of sp³-hybridized carbons (Fsp3) is 0.391. The molecule has 2 N–H and O–H groups in total. The highest BCUT2D eigenvalue weighted by molar-refractivity contribution is 9.10. The minimum Gasteiger partial charge on any atom is -0.355 e. The van der Waals surface area contributed by atoms with Crippen molar-refractivity contribution in [2.24, 2.45) is 5.92 Å². The highest BCUT2D eigenvalue weighted by Gasteiger charge is 2.16. The maximum absolute atomic E-state index is 12.8. The van der Waals surface area contributed by atoms with E-state index in [-0.39, 0.29) is 11.8 Å². The number of benzene rings is 2. The standard InChI is InChI=1S/C23H27BrN2O2S/c1-16-13-18(24)11-12-20(16)26-23(28)19-9-5-6-10-21(19)29-15-22(27)25-14-17-7-3-2-4-8-17/h5-6,9-13,17H,2-4,7-8,14-15H2,1H3,(H,25,27)(H,26,28). The Bertz CT molecular complexity index is 866. The van der Waals surface area contributed by atoms with E-state index < -0.39 is 0 Å². The van der Waals surface area contributed by atoms with Gasteiger partial charge in [0.25, 0.3) is 5.91 Å². The molecule has 0 radical (unpaired) electrons. The second kappa shape index (κ2) is 10.8. The fourth-order valence-corrected chi connectivity index (χ4v) is 4.94. The molecule has 6 heteroatoms. The maximum atomic E-state index is 12.8. The maximum Gasteiger partial charge on any atom is 0.256 e. The zero-order chi connectivity index (χ0) is 20.6. The van der Waals surface area contributed by atoms with Crippen molar-refractivity contribution < 1.29 is 9.59 Å². The number of aryl methyl sites for hydroxylation is 1. The number of hydrogen-bond donors (Lipinski definition) is 2. The quantitative estimate of drug-likeness (QED) is 0.498. The topological polar surface area (TPSA) is 58.2 Å². The largest absolute Gasteiger partial charge is 0.355 e. The van der Waals surface area contributed by atoms with Crippen LogP contribution < -0.4 is 10.6 Å². The van der Waals surface area contributed by atoms with Crippen LogP contribution in [-0.2, 0) is 4.79 Å². The first-order valence-corrected chi connectivity index (χ1v) is 11.9. The minimum absolute atomic E-state index is 0.0274. The average molecular weight is 475 g/mol. The van der Waals surface area contributed by atoms with E-state index >= 15 is 0 Å². The average Bonchev–Trinajstić information content (AvgIpc) is 2.73. The van der Waals surface area contributed by atoms with Crippen molar-refractivity contribution in [3.8, 4) is 0 Å². The van der Waals surface area contributed by atoms with Gasteiger partial charge in [-0.3, -0.25) is 9.59 Å². The van der Waals surface area contributed by atoms with E-state index in [0.29, 0.717) is 17.2 Å². The molecular weight excluding hydrogens is 448 g/mol. The molecule has 2 amide bonds. The van der Waals surface area contributed by atoms with Crippen LogP contribution >= 0.6 is 27.7 Å². The predicted molar refractivity (Wildman–Crippen MR) is 124 cm³/mol. The van der Waals surface area contributed by atoms with Crippen molar-refractivity contribution >= 4 is 45.2 Å². The van der Waals surface area contributed by atoms with Gasteiger partial charge in [0.1, 0.15) is 0 Å². The molecule has 0 atom stereocenters. The number of carbonyl (C=O) groups is 2. The molecule has 0 spiro atoms. The lowest BCUT2D eigenvalue weighted by molar-refractivity contribution is -0.118. The van der Waals surface area contributed by atoms with Crippen LogP contribution in [0.25, 0.3) is 0 Å². The Morgan fingerprint density at radius 3 is 2.62 bits per heavy atom. The molecule has 1 aliphatic carbocycles. The molecule has 1 aliphatic rings. The van der Waals surface area contributed by atoms with Crippen LogP contribution in [-0.4, -0.2) is 24.1 Å². The lowest BCUT2D eigenvalue weighted by Crippen LogP contribution is -2.31. The Morgan fingerprint density at radius 1 is 1.10 bits per heavy atom. The molecule has 0 saturated heterocycles. The van der Waals surface area contributed by atoms with Crippen LogP contribution in [0.1, 0.15) is 48.0 Å². The number of nitrogens with one attached hydrogen (secondary N) is 2. The van der Waals surface area contributed by atoms with E-state index in [2.05, 4.69) is 26.6 Å². The zero-order valence-corrected chi connectivity index (χ0v) is 19.1. The second-order valence-electron chi connectivity index (χ2n) is 7.51. The Labute approximate surface area is 185 Å². The lowest BCUT2D eigenvalue weighted by atomic mass is 9.89. The van der Waals surface area contributed by atoms with Gasteiger partial charge in [0.05, 0.1) is 11.3 Å². The molecule has 0 heterocycles. The molecule has 29 heavy (non-hydrogen) atoms. The van der Waals surface area contributed by atoms with Crippen LogP contribution in [0.4, 0.5) is 5.69 Å². The summed E-state index contributed by atoms with van der Waals surface area (Å²) in [5, 5.41) is 6.04. The van der Waals surface area contributed by atoms with Gasteiger partial charge in [-0.05, 0) is 61.6 Å². The van der Waals surface area contributed by atoms with E-state index in [1.807, 2.05) is 43.3 Å². The van der Waals surface area contributed by atoms with Gasteiger partial charge in [-0.25, -0.2) is 0 Å². The molecule has 4 nitrogen and oxygen atoms in total. The number of thioether (sulfide) groups is 1. The summed E-state index contributed by atoms with van der Waals surface area (Å²) in [6, 6.07) is 13.2. The SMILES string of the molecule is Cc1cc(Br)ccc1NC(=O)c1ccccc1SCC(=O)NCC1CCCCC1. The molecule has 154 valence electrons. The van der Waals surface area contributed by atoms with Gasteiger partial charge in [0, 0.05) is 21.6 Å². The molecule has 2 aromatic rings. The highest BCUT2D eigenvalue weighted by atomic mass is 79.9. The summed E-state index contributed by atoms with van der Waals surface area (Å²) < 4.78 is 0.975. The summed E-state index contributed by atoms with van der Waals surface area (Å²) in [7, 11) is 0. The smallest absolute Gasteiger partial charge is 0.256 e. The van der Waals surface area contributed by atoms with E-state index in [1.54, 1.807) is 6.07 Å². The number of rotatable bonds is 7. The Hall–Kier alpha value is -1.79. The number of amides is 2. The normalized spacial score (nSPS) is 14.4. The van der Waals surface area contributed by atoms with Crippen molar-refractivity contribution in [3.05, 3.63) is 58.1 Å². The first-order chi connectivity index (χ1) is 14.0. The van der Waals surface area contributed by atoms with Gasteiger partial charge >= 0.3 is 0 Å². The molecule has 1 fully saturated rings. The molecule has 1 saturated carbocycles. The minimum atomic E-state index is -0.166. The molecule has 0 aromatic heterocycles. The summed E-state index contributed by atoms with van der Waals surface area (Å²) in [4.78, 5) is 25.9. The van der Waals surface area contributed by atoms with Crippen LogP contribution in [0.15, 0.2) is 51.8 Å². The van der Waals surface area contributed by atoms with Crippen LogP contribution in [0, 0.1) is 12.8 Å². The summed E-state index contributed by atoms with van der Waals surface area (Å²) in [5.74, 6) is 0.791. The third kappa shape index (κ3) is 6.61. The first-order valence-electron chi connectivity index (χ1n) is 10.1. The predicted octanol–water partition coefficient (Wildman–Crippen LogP) is 5.80. The van der Waals surface area contributed by atoms with E-state index in [4.69, 9.17) is 0 Å². The van der Waals surface area contributed by atoms with Crippen molar-refractivity contribution in [1.82, 2.24) is 5.32 Å². The van der Waals surface area contributed by atoms with Crippen molar-refractivity contribution in [1.29, 1.82) is 0 Å².